The molecule has 0 amide bonds. The number of hydrogen-bond acceptors (Lipinski definition) is 3. The Hall–Kier alpha value is -1.17. The van der Waals surface area contributed by atoms with Gasteiger partial charge in [0.05, 0.1) is 6.54 Å². The number of para-hydroxylation sites is 1. The van der Waals surface area contributed by atoms with Crippen LogP contribution in [0.4, 0.5) is 5.69 Å². The highest BCUT2D eigenvalue weighted by Gasteiger charge is 2.17. The zero-order valence-electron chi connectivity index (χ0n) is 10.0. The summed E-state index contributed by atoms with van der Waals surface area (Å²) in [4.78, 5) is 0. The Morgan fingerprint density at radius 2 is 1.94 bits per heavy atom. The molecular formula is C12H17NO3S. The van der Waals surface area contributed by atoms with Gasteiger partial charge in [-0.2, -0.15) is 0 Å². The first-order valence-electron chi connectivity index (χ1n) is 5.14. The molecule has 0 heterocycles. The number of ether oxygens (including phenoxy) is 2. The van der Waals surface area contributed by atoms with Gasteiger partial charge in [0.15, 0.2) is 6.29 Å². The number of rotatable bonds is 7. The van der Waals surface area contributed by atoms with Crippen molar-refractivity contribution in [1.82, 2.24) is 0 Å². The van der Waals surface area contributed by atoms with Crippen LogP contribution in [-0.4, -0.2) is 31.3 Å². The molecule has 0 bridgehead atoms. The van der Waals surface area contributed by atoms with Crippen molar-refractivity contribution in [3.8, 4) is 0 Å². The molecule has 1 atom stereocenters. The van der Waals surface area contributed by atoms with Crippen LogP contribution in [0.5, 0.6) is 0 Å². The molecule has 0 radical (unpaired) electrons. The number of benzene rings is 1. The Balaban J connectivity index is 2.88. The third-order valence-electron chi connectivity index (χ3n) is 2.24. The van der Waals surface area contributed by atoms with Crippen molar-refractivity contribution < 1.29 is 13.7 Å². The monoisotopic (exact) mass is 255 g/mol. The second-order valence-corrected chi connectivity index (χ2v) is 4.57. The van der Waals surface area contributed by atoms with Crippen LogP contribution in [0.1, 0.15) is 0 Å². The maximum absolute atomic E-state index is 11.9. The summed E-state index contributed by atoms with van der Waals surface area (Å²) in [6, 6.07) is 9.44. The summed E-state index contributed by atoms with van der Waals surface area (Å²) in [6.07, 6.45) is -0.431. The first-order valence-corrected chi connectivity index (χ1v) is 6.31. The van der Waals surface area contributed by atoms with Crippen LogP contribution >= 0.6 is 0 Å². The molecule has 1 aromatic carbocycles. The van der Waals surface area contributed by atoms with Crippen molar-refractivity contribution in [2.24, 2.45) is 0 Å². The molecule has 4 nitrogen and oxygen atoms in total. The minimum absolute atomic E-state index is 0.371. The average Bonchev–Trinajstić information content (AvgIpc) is 2.40. The van der Waals surface area contributed by atoms with Crippen LogP contribution < -0.4 is 4.31 Å². The molecular weight excluding hydrogens is 238 g/mol. The summed E-state index contributed by atoms with van der Waals surface area (Å²) in [5.41, 5.74) is 0.838. The Kier molecular flexibility index (Phi) is 5.90. The van der Waals surface area contributed by atoms with Gasteiger partial charge in [0, 0.05) is 25.3 Å². The lowest BCUT2D eigenvalue weighted by Gasteiger charge is -2.25. The summed E-state index contributed by atoms with van der Waals surface area (Å²) in [7, 11) is 1.80. The standard InChI is InChI=1S/C12H17NO3S/c1-4-17(14)13(10-12(15-2)16-3)11-8-6-5-7-9-11/h4-9,12H,1,10H2,2-3H3. The molecule has 1 aromatic rings. The molecule has 0 N–H and O–H groups in total. The predicted octanol–water partition coefficient (Wildman–Crippen LogP) is 1.92. The van der Waals surface area contributed by atoms with E-state index >= 15 is 0 Å². The summed E-state index contributed by atoms with van der Waals surface area (Å²) >= 11 is 0. The minimum atomic E-state index is -1.30. The Labute approximate surface area is 104 Å². The Morgan fingerprint density at radius 3 is 2.41 bits per heavy atom. The quantitative estimate of drug-likeness (QED) is 0.699. The van der Waals surface area contributed by atoms with Crippen LogP contribution in [0.3, 0.4) is 0 Å². The van der Waals surface area contributed by atoms with E-state index in [2.05, 4.69) is 6.58 Å². The van der Waals surface area contributed by atoms with E-state index in [1.807, 2.05) is 30.3 Å². The van der Waals surface area contributed by atoms with Crippen LogP contribution in [-0.2, 0) is 20.5 Å². The number of methoxy groups -OCH3 is 2. The molecule has 0 saturated carbocycles. The van der Waals surface area contributed by atoms with Crippen LogP contribution in [0.25, 0.3) is 0 Å². The van der Waals surface area contributed by atoms with E-state index in [4.69, 9.17) is 9.47 Å². The maximum atomic E-state index is 11.9. The zero-order valence-corrected chi connectivity index (χ0v) is 10.9. The molecule has 1 rings (SSSR count). The van der Waals surface area contributed by atoms with E-state index < -0.39 is 17.3 Å². The molecule has 0 aliphatic carbocycles. The molecule has 0 aliphatic rings. The predicted molar refractivity (Wildman–Crippen MR) is 69.9 cm³/mol. The summed E-state index contributed by atoms with van der Waals surface area (Å²) < 4.78 is 23.8. The molecule has 0 spiro atoms. The largest absolute Gasteiger partial charge is 0.354 e. The number of anilines is 1. The average molecular weight is 255 g/mol. The van der Waals surface area contributed by atoms with Crippen molar-refractivity contribution in [3.05, 3.63) is 42.3 Å². The van der Waals surface area contributed by atoms with Gasteiger partial charge < -0.3 is 9.47 Å². The highest BCUT2D eigenvalue weighted by atomic mass is 32.2. The van der Waals surface area contributed by atoms with Gasteiger partial charge in [-0.3, -0.25) is 4.31 Å². The lowest BCUT2D eigenvalue weighted by Crippen LogP contribution is -2.35. The van der Waals surface area contributed by atoms with Gasteiger partial charge >= 0.3 is 0 Å². The van der Waals surface area contributed by atoms with E-state index in [-0.39, 0.29) is 0 Å². The first kappa shape index (κ1) is 13.9. The fraction of sp³-hybridized carbons (Fsp3) is 0.333. The lowest BCUT2D eigenvalue weighted by molar-refractivity contribution is -0.0931. The molecule has 17 heavy (non-hydrogen) atoms. The Morgan fingerprint density at radius 1 is 1.35 bits per heavy atom. The van der Waals surface area contributed by atoms with Crippen molar-refractivity contribution in [2.45, 2.75) is 6.29 Å². The van der Waals surface area contributed by atoms with Crippen LogP contribution in [0.15, 0.2) is 42.3 Å². The smallest absolute Gasteiger partial charge is 0.175 e. The summed E-state index contributed by atoms with van der Waals surface area (Å²) in [6.45, 7) is 3.91. The minimum Gasteiger partial charge on any atom is -0.354 e. The van der Waals surface area contributed by atoms with E-state index in [0.29, 0.717) is 6.54 Å². The van der Waals surface area contributed by atoms with Gasteiger partial charge in [-0.1, -0.05) is 24.8 Å². The van der Waals surface area contributed by atoms with Gasteiger partial charge in [0.25, 0.3) is 0 Å². The van der Waals surface area contributed by atoms with Crippen LogP contribution in [0, 0.1) is 0 Å². The van der Waals surface area contributed by atoms with E-state index in [0.717, 1.165) is 5.69 Å². The van der Waals surface area contributed by atoms with Gasteiger partial charge in [-0.05, 0) is 12.1 Å². The van der Waals surface area contributed by atoms with Crippen molar-refractivity contribution >= 4 is 16.7 Å². The normalized spacial score (nSPS) is 12.4. The second kappa shape index (κ2) is 7.21. The first-order chi connectivity index (χ1) is 8.22. The molecule has 1 unspecified atom stereocenters. The lowest BCUT2D eigenvalue weighted by atomic mass is 10.3. The molecule has 0 aliphatic heterocycles. The summed E-state index contributed by atoms with van der Waals surface area (Å²) in [5.74, 6) is 0. The molecule has 0 fully saturated rings. The van der Waals surface area contributed by atoms with Gasteiger partial charge in [-0.25, -0.2) is 4.21 Å². The topological polar surface area (TPSA) is 38.8 Å². The maximum Gasteiger partial charge on any atom is 0.175 e. The molecule has 0 aromatic heterocycles. The van der Waals surface area contributed by atoms with E-state index in [1.54, 1.807) is 18.5 Å². The van der Waals surface area contributed by atoms with Crippen molar-refractivity contribution in [2.75, 3.05) is 25.1 Å². The molecule has 0 saturated heterocycles. The van der Waals surface area contributed by atoms with Gasteiger partial charge in [0.2, 0.25) is 0 Å². The highest BCUT2D eigenvalue weighted by molar-refractivity contribution is 7.89. The SMILES string of the molecule is C=CS(=O)N(CC(OC)OC)c1ccccc1. The van der Waals surface area contributed by atoms with E-state index in [1.165, 1.54) is 5.41 Å². The highest BCUT2D eigenvalue weighted by Crippen LogP contribution is 2.17. The second-order valence-electron chi connectivity index (χ2n) is 3.24. The summed E-state index contributed by atoms with van der Waals surface area (Å²) in [5, 5.41) is 1.38. The Bertz CT molecular complexity index is 365. The third-order valence-corrected chi connectivity index (χ3v) is 3.32. The van der Waals surface area contributed by atoms with Gasteiger partial charge in [0.1, 0.15) is 11.0 Å². The molecule has 94 valence electrons. The zero-order chi connectivity index (χ0) is 12.7. The van der Waals surface area contributed by atoms with Gasteiger partial charge in [-0.15, -0.1) is 0 Å². The number of nitrogens with zero attached hydrogens (tertiary/aromatic N) is 1. The fourth-order valence-corrected chi connectivity index (χ4v) is 2.13. The number of hydrogen-bond donors (Lipinski definition) is 0. The van der Waals surface area contributed by atoms with E-state index in [9.17, 15) is 4.21 Å². The van der Waals surface area contributed by atoms with Crippen molar-refractivity contribution in [1.29, 1.82) is 0 Å². The van der Waals surface area contributed by atoms with Crippen LogP contribution in [0.2, 0.25) is 0 Å². The van der Waals surface area contributed by atoms with Crippen molar-refractivity contribution in [3.63, 3.8) is 0 Å². The molecule has 5 heteroatoms. The third kappa shape index (κ3) is 3.96. The fourth-order valence-electron chi connectivity index (χ4n) is 1.35.